The number of rotatable bonds is 23. The van der Waals surface area contributed by atoms with Gasteiger partial charge in [0.15, 0.2) is 0 Å². The predicted molar refractivity (Wildman–Crippen MR) is 130 cm³/mol. The molecule has 0 saturated heterocycles. The van der Waals surface area contributed by atoms with Crippen molar-refractivity contribution < 1.29 is 16.9 Å². The molecule has 0 atom stereocenters. The van der Waals surface area contributed by atoms with Crippen LogP contribution in [0, 0.1) is 0 Å². The van der Waals surface area contributed by atoms with Crippen molar-refractivity contribution in [1.29, 1.82) is 0 Å². The van der Waals surface area contributed by atoms with Crippen LogP contribution in [0.25, 0.3) is 0 Å². The maximum Gasteiger partial charge on any atom is 0.0780 e. The first kappa shape index (κ1) is 31.4. The molecule has 0 unspecified atom stereocenters. The van der Waals surface area contributed by atoms with Crippen LogP contribution in [0.2, 0.25) is 0 Å². The summed E-state index contributed by atoms with van der Waals surface area (Å²) in [5, 5.41) is 0. The number of nitrogens with zero attached hydrogens (tertiary/aromatic N) is 1. The lowest BCUT2D eigenvalue weighted by Gasteiger charge is -2.23. The number of hydrogen-bond acceptors (Lipinski definition) is 0. The molecule has 0 aromatic rings. The molecular formula is C27H58ClN. The molecule has 178 valence electrons. The molecule has 0 aliphatic carbocycles. The van der Waals surface area contributed by atoms with Crippen molar-refractivity contribution >= 4 is 0 Å². The summed E-state index contributed by atoms with van der Waals surface area (Å²) in [6, 6.07) is 0. The van der Waals surface area contributed by atoms with Crippen molar-refractivity contribution in [3.8, 4) is 0 Å². The average Bonchev–Trinajstić information content (AvgIpc) is 2.65. The summed E-state index contributed by atoms with van der Waals surface area (Å²) in [5.74, 6) is 0. The largest absolute Gasteiger partial charge is 1.00 e. The van der Waals surface area contributed by atoms with E-state index in [2.05, 4.69) is 28.1 Å². The first-order chi connectivity index (χ1) is 13.6. The van der Waals surface area contributed by atoms with E-state index in [0.717, 1.165) is 4.48 Å². The zero-order valence-corrected chi connectivity index (χ0v) is 21.8. The number of unbranched alkanes of at least 4 members (excludes halogenated alkanes) is 21. The minimum atomic E-state index is 0. The molecule has 0 fully saturated rings. The monoisotopic (exact) mass is 431 g/mol. The fourth-order valence-electron chi connectivity index (χ4n) is 4.19. The van der Waals surface area contributed by atoms with E-state index in [1.165, 1.54) is 148 Å². The molecule has 0 amide bonds. The number of hydrogen-bond donors (Lipinski definition) is 0. The van der Waals surface area contributed by atoms with E-state index < -0.39 is 0 Å². The molecule has 0 aliphatic rings. The summed E-state index contributed by atoms with van der Waals surface area (Å²) >= 11 is 0. The summed E-state index contributed by atoms with van der Waals surface area (Å²) < 4.78 is 1.12. The van der Waals surface area contributed by atoms with Crippen molar-refractivity contribution in [1.82, 2.24) is 0 Å². The highest BCUT2D eigenvalue weighted by atomic mass is 35.5. The van der Waals surface area contributed by atoms with Crippen LogP contribution in [0.4, 0.5) is 0 Å². The first-order valence-corrected chi connectivity index (χ1v) is 13.4. The maximum absolute atomic E-state index is 2.30. The Morgan fingerprint density at radius 2 is 0.552 bits per heavy atom. The molecule has 2 heteroatoms. The Morgan fingerprint density at radius 1 is 0.345 bits per heavy atom. The van der Waals surface area contributed by atoms with Gasteiger partial charge in [-0.3, -0.25) is 0 Å². The van der Waals surface area contributed by atoms with Gasteiger partial charge in [-0.25, -0.2) is 0 Å². The van der Waals surface area contributed by atoms with Gasteiger partial charge < -0.3 is 16.9 Å². The van der Waals surface area contributed by atoms with Crippen molar-refractivity contribution in [2.75, 3.05) is 27.7 Å². The molecular weight excluding hydrogens is 374 g/mol. The molecule has 0 heterocycles. The van der Waals surface area contributed by atoms with Gasteiger partial charge in [0.05, 0.1) is 27.7 Å². The van der Waals surface area contributed by atoms with Crippen molar-refractivity contribution in [2.45, 2.75) is 148 Å². The van der Waals surface area contributed by atoms with Crippen LogP contribution >= 0.6 is 0 Å². The molecule has 0 aromatic heterocycles. The second-order valence-corrected chi connectivity index (χ2v) is 10.4. The van der Waals surface area contributed by atoms with Crippen LogP contribution in [-0.2, 0) is 0 Å². The molecule has 29 heavy (non-hydrogen) atoms. The van der Waals surface area contributed by atoms with Gasteiger partial charge in [0, 0.05) is 0 Å². The highest BCUT2D eigenvalue weighted by molar-refractivity contribution is 4.51. The van der Waals surface area contributed by atoms with E-state index in [0.29, 0.717) is 0 Å². The van der Waals surface area contributed by atoms with Gasteiger partial charge in [-0.1, -0.05) is 135 Å². The fourth-order valence-corrected chi connectivity index (χ4v) is 4.19. The summed E-state index contributed by atoms with van der Waals surface area (Å²) in [4.78, 5) is 0. The summed E-state index contributed by atoms with van der Waals surface area (Å²) in [5.41, 5.74) is 0. The third kappa shape index (κ3) is 30.5. The van der Waals surface area contributed by atoms with E-state index >= 15 is 0 Å². The number of halogens is 1. The summed E-state index contributed by atoms with van der Waals surface area (Å²) in [6.07, 6.45) is 32.3. The van der Waals surface area contributed by atoms with Crippen LogP contribution in [0.3, 0.4) is 0 Å². The van der Waals surface area contributed by atoms with E-state index in [1.54, 1.807) is 0 Å². The zero-order valence-electron chi connectivity index (χ0n) is 21.1. The Balaban J connectivity index is 0. The van der Waals surface area contributed by atoms with Gasteiger partial charge in [0.1, 0.15) is 0 Å². The zero-order chi connectivity index (χ0) is 20.8. The van der Waals surface area contributed by atoms with Crippen LogP contribution in [-0.4, -0.2) is 32.2 Å². The van der Waals surface area contributed by atoms with Gasteiger partial charge in [-0.2, -0.15) is 0 Å². The molecule has 0 saturated carbocycles. The average molecular weight is 432 g/mol. The molecule has 0 bridgehead atoms. The summed E-state index contributed by atoms with van der Waals surface area (Å²) in [6.45, 7) is 3.64. The molecule has 0 N–H and O–H groups in total. The topological polar surface area (TPSA) is 0 Å². The SMILES string of the molecule is CCCCCCCCCCCCCCCCCCCCCCCC[N+](C)(C)C.[Cl-]. The minimum absolute atomic E-state index is 0. The molecule has 0 aliphatic heterocycles. The van der Waals surface area contributed by atoms with Crippen LogP contribution in [0.1, 0.15) is 148 Å². The van der Waals surface area contributed by atoms with Crippen molar-refractivity contribution in [3.63, 3.8) is 0 Å². The van der Waals surface area contributed by atoms with Crippen molar-refractivity contribution in [3.05, 3.63) is 0 Å². The summed E-state index contributed by atoms with van der Waals surface area (Å²) in [7, 11) is 6.91. The predicted octanol–water partition coefficient (Wildman–Crippen LogP) is 6.30. The van der Waals surface area contributed by atoms with Crippen LogP contribution in [0.5, 0.6) is 0 Å². The normalized spacial score (nSPS) is 11.6. The van der Waals surface area contributed by atoms with E-state index in [4.69, 9.17) is 0 Å². The van der Waals surface area contributed by atoms with Gasteiger partial charge in [0.2, 0.25) is 0 Å². The Hall–Kier alpha value is 0.250. The Bertz CT molecular complexity index is 285. The van der Waals surface area contributed by atoms with Gasteiger partial charge in [-0.05, 0) is 12.8 Å². The van der Waals surface area contributed by atoms with Crippen molar-refractivity contribution in [2.24, 2.45) is 0 Å². The van der Waals surface area contributed by atoms with Crippen LogP contribution < -0.4 is 12.4 Å². The van der Waals surface area contributed by atoms with Gasteiger partial charge in [0.25, 0.3) is 0 Å². The molecule has 0 spiro atoms. The highest BCUT2D eigenvalue weighted by Gasteiger charge is 2.04. The second-order valence-electron chi connectivity index (χ2n) is 10.4. The molecule has 0 radical (unpaired) electrons. The molecule has 0 aromatic carbocycles. The first-order valence-electron chi connectivity index (χ1n) is 13.4. The lowest BCUT2D eigenvalue weighted by atomic mass is 10.0. The van der Waals surface area contributed by atoms with Gasteiger partial charge in [-0.15, -0.1) is 0 Å². The highest BCUT2D eigenvalue weighted by Crippen LogP contribution is 2.15. The second kappa shape index (κ2) is 24.5. The molecule has 1 nitrogen and oxygen atoms in total. The van der Waals surface area contributed by atoms with E-state index in [9.17, 15) is 0 Å². The third-order valence-electron chi connectivity index (χ3n) is 6.18. The Kier molecular flexibility index (Phi) is 26.6. The fraction of sp³-hybridized carbons (Fsp3) is 1.00. The van der Waals surface area contributed by atoms with Gasteiger partial charge >= 0.3 is 0 Å². The standard InChI is InChI=1S/C27H58N.ClH/c1-5-6-7-8-9-10-11-12-13-14-15-16-17-18-19-20-21-22-23-24-25-26-27-28(2,3)4;/h5-27H2,1-4H3;1H/q+1;/p-1. The minimum Gasteiger partial charge on any atom is -1.00 e. The van der Waals surface area contributed by atoms with E-state index in [1.807, 2.05) is 0 Å². The maximum atomic E-state index is 2.30. The number of quaternary nitrogens is 1. The third-order valence-corrected chi connectivity index (χ3v) is 6.18. The lowest BCUT2D eigenvalue weighted by Crippen LogP contribution is -3.00. The lowest BCUT2D eigenvalue weighted by molar-refractivity contribution is -0.870. The Labute approximate surface area is 192 Å². The molecule has 0 rings (SSSR count). The Morgan fingerprint density at radius 3 is 0.759 bits per heavy atom. The van der Waals surface area contributed by atoms with E-state index in [-0.39, 0.29) is 12.4 Å². The smallest absolute Gasteiger partial charge is 0.0780 e. The quantitative estimate of drug-likeness (QED) is 0.131. The van der Waals surface area contributed by atoms with Crippen LogP contribution in [0.15, 0.2) is 0 Å².